The summed E-state index contributed by atoms with van der Waals surface area (Å²) in [4.78, 5) is 12.3. The van der Waals surface area contributed by atoms with Crippen LogP contribution in [0.1, 0.15) is 102 Å². The number of hydrogen-bond acceptors (Lipinski definition) is 3. The first-order valence-electron chi connectivity index (χ1n) is 15.2. The minimum atomic E-state index is -0.124. The monoisotopic (exact) mass is 524 g/mol. The lowest BCUT2D eigenvalue weighted by Crippen LogP contribution is -2.39. The van der Waals surface area contributed by atoms with Gasteiger partial charge in [-0.1, -0.05) is 101 Å². The number of aryl methyl sites for hydroxylation is 1. The Balaban J connectivity index is 1.58. The molecule has 0 aliphatic carbocycles. The molecule has 0 saturated carbocycles. The summed E-state index contributed by atoms with van der Waals surface area (Å²) in [5, 5.41) is 0. The highest BCUT2D eigenvalue weighted by Crippen LogP contribution is 2.18. The van der Waals surface area contributed by atoms with Crippen molar-refractivity contribution in [3.05, 3.63) is 65.7 Å². The highest BCUT2D eigenvalue weighted by Gasteiger charge is 2.16. The molecule has 0 fully saturated rings. The van der Waals surface area contributed by atoms with Gasteiger partial charge in [0.1, 0.15) is 25.0 Å². The Kier molecular flexibility index (Phi) is 15.8. The SMILES string of the molecule is CCCCCCCCCCc1ccc(OC(CC)COC(=O)CCCC[N+](C)(C)Cc2ccccc2)cc1. The molecular weight excluding hydrogens is 470 g/mol. The average Bonchev–Trinajstić information content (AvgIpc) is 2.91. The van der Waals surface area contributed by atoms with Gasteiger partial charge in [0.2, 0.25) is 0 Å². The van der Waals surface area contributed by atoms with E-state index in [1.165, 1.54) is 62.5 Å². The largest absolute Gasteiger partial charge is 0.487 e. The summed E-state index contributed by atoms with van der Waals surface area (Å²) < 4.78 is 12.6. The summed E-state index contributed by atoms with van der Waals surface area (Å²) in [6.45, 7) is 6.69. The first-order chi connectivity index (χ1) is 18.4. The van der Waals surface area contributed by atoms with Crippen LogP contribution in [-0.2, 0) is 22.5 Å². The first-order valence-corrected chi connectivity index (χ1v) is 15.2. The molecular formula is C34H54NO3+. The molecule has 0 saturated heterocycles. The number of rotatable bonds is 21. The maximum absolute atomic E-state index is 12.3. The number of carbonyl (C=O) groups excluding carboxylic acids is 1. The predicted molar refractivity (Wildman–Crippen MR) is 159 cm³/mol. The molecule has 38 heavy (non-hydrogen) atoms. The quantitative estimate of drug-likeness (QED) is 0.0932. The van der Waals surface area contributed by atoms with Gasteiger partial charge in [-0.25, -0.2) is 0 Å². The van der Waals surface area contributed by atoms with E-state index in [1.54, 1.807) is 0 Å². The van der Waals surface area contributed by atoms with Gasteiger partial charge in [0.25, 0.3) is 0 Å². The predicted octanol–water partition coefficient (Wildman–Crippen LogP) is 8.52. The zero-order valence-corrected chi connectivity index (χ0v) is 24.8. The molecule has 2 aromatic rings. The van der Waals surface area contributed by atoms with E-state index in [-0.39, 0.29) is 12.1 Å². The van der Waals surface area contributed by atoms with Crippen LogP contribution < -0.4 is 4.74 Å². The third kappa shape index (κ3) is 14.6. The zero-order chi connectivity index (χ0) is 27.5. The average molecular weight is 525 g/mol. The van der Waals surface area contributed by atoms with Crippen LogP contribution in [0, 0.1) is 0 Å². The van der Waals surface area contributed by atoms with Gasteiger partial charge in [-0.2, -0.15) is 0 Å². The normalized spacial score (nSPS) is 12.3. The Hall–Kier alpha value is -2.33. The molecule has 0 amide bonds. The number of hydrogen-bond donors (Lipinski definition) is 0. The van der Waals surface area contributed by atoms with Crippen LogP contribution in [0.3, 0.4) is 0 Å². The van der Waals surface area contributed by atoms with Gasteiger partial charge in [-0.05, 0) is 49.8 Å². The van der Waals surface area contributed by atoms with Crippen molar-refractivity contribution < 1.29 is 18.8 Å². The molecule has 2 rings (SSSR count). The number of nitrogens with zero attached hydrogens (tertiary/aromatic N) is 1. The highest BCUT2D eigenvalue weighted by atomic mass is 16.6. The number of benzene rings is 2. The van der Waals surface area contributed by atoms with Crippen molar-refractivity contribution in [2.45, 2.75) is 110 Å². The molecule has 1 unspecified atom stereocenters. The Bertz CT molecular complexity index is 863. The van der Waals surface area contributed by atoms with Crippen LogP contribution in [0.4, 0.5) is 0 Å². The van der Waals surface area contributed by atoms with Crippen molar-refractivity contribution in [3.8, 4) is 5.75 Å². The van der Waals surface area contributed by atoms with E-state index in [1.807, 2.05) is 0 Å². The minimum absolute atomic E-state index is 0.112. The molecule has 0 N–H and O–H groups in total. The fourth-order valence-corrected chi connectivity index (χ4v) is 4.85. The van der Waals surface area contributed by atoms with Crippen molar-refractivity contribution in [1.29, 1.82) is 0 Å². The number of unbranched alkanes of at least 4 members (excludes halogenated alkanes) is 8. The number of ether oxygens (including phenoxy) is 2. The van der Waals surface area contributed by atoms with E-state index in [0.717, 1.165) is 49.0 Å². The van der Waals surface area contributed by atoms with E-state index >= 15 is 0 Å². The second-order valence-electron chi connectivity index (χ2n) is 11.5. The van der Waals surface area contributed by atoms with Crippen LogP contribution in [0.25, 0.3) is 0 Å². The van der Waals surface area contributed by atoms with Gasteiger partial charge in [0.05, 0.1) is 20.6 Å². The van der Waals surface area contributed by atoms with E-state index in [0.29, 0.717) is 13.0 Å². The second-order valence-corrected chi connectivity index (χ2v) is 11.5. The van der Waals surface area contributed by atoms with Gasteiger partial charge in [0, 0.05) is 12.0 Å². The van der Waals surface area contributed by atoms with E-state index in [2.05, 4.69) is 82.5 Å². The molecule has 1 atom stereocenters. The molecule has 0 aromatic heterocycles. The maximum atomic E-state index is 12.3. The third-order valence-electron chi connectivity index (χ3n) is 7.28. The smallest absolute Gasteiger partial charge is 0.305 e. The van der Waals surface area contributed by atoms with Crippen molar-refractivity contribution in [3.63, 3.8) is 0 Å². The molecule has 0 radical (unpaired) electrons. The molecule has 2 aromatic carbocycles. The molecule has 4 nitrogen and oxygen atoms in total. The summed E-state index contributed by atoms with van der Waals surface area (Å²) in [5.41, 5.74) is 2.72. The fraction of sp³-hybridized carbons (Fsp3) is 0.618. The summed E-state index contributed by atoms with van der Waals surface area (Å²) >= 11 is 0. The Morgan fingerprint density at radius 2 is 1.42 bits per heavy atom. The molecule has 0 heterocycles. The van der Waals surface area contributed by atoms with Crippen LogP contribution in [0.5, 0.6) is 5.75 Å². The number of quaternary nitrogens is 1. The molecule has 0 bridgehead atoms. The number of carbonyl (C=O) groups is 1. The van der Waals surface area contributed by atoms with Gasteiger partial charge in [-0.3, -0.25) is 4.79 Å². The Morgan fingerprint density at radius 3 is 2.08 bits per heavy atom. The van der Waals surface area contributed by atoms with E-state index in [4.69, 9.17) is 9.47 Å². The summed E-state index contributed by atoms with van der Waals surface area (Å²) in [6, 6.07) is 19.0. The van der Waals surface area contributed by atoms with Crippen molar-refractivity contribution in [2.24, 2.45) is 0 Å². The summed E-state index contributed by atoms with van der Waals surface area (Å²) in [7, 11) is 4.50. The number of esters is 1. The van der Waals surface area contributed by atoms with Gasteiger partial charge in [0.15, 0.2) is 0 Å². The van der Waals surface area contributed by atoms with E-state index < -0.39 is 0 Å². The standard InChI is InChI=1S/C34H54NO3/c1-5-7-8-9-10-11-12-14-19-30-23-25-33(26-24-30)38-32(6-2)29-37-34(36)22-17-18-27-35(3,4)28-31-20-15-13-16-21-31/h13,15-16,20-21,23-26,32H,5-12,14,17-19,22,27-29H2,1-4H3/q+1. The second kappa shape index (κ2) is 18.8. The zero-order valence-electron chi connectivity index (χ0n) is 24.8. The lowest BCUT2D eigenvalue weighted by atomic mass is 10.0. The third-order valence-corrected chi connectivity index (χ3v) is 7.28. The topological polar surface area (TPSA) is 35.5 Å². The Morgan fingerprint density at radius 1 is 0.763 bits per heavy atom. The molecule has 212 valence electrons. The fourth-order valence-electron chi connectivity index (χ4n) is 4.85. The van der Waals surface area contributed by atoms with Crippen LogP contribution in [0.15, 0.2) is 54.6 Å². The lowest BCUT2D eigenvalue weighted by molar-refractivity contribution is -0.903. The minimum Gasteiger partial charge on any atom is -0.487 e. The summed E-state index contributed by atoms with van der Waals surface area (Å²) in [6.07, 6.45) is 14.9. The molecule has 0 aliphatic rings. The van der Waals surface area contributed by atoms with Crippen LogP contribution in [-0.4, -0.2) is 43.8 Å². The van der Waals surface area contributed by atoms with Crippen molar-refractivity contribution in [2.75, 3.05) is 27.2 Å². The lowest BCUT2D eigenvalue weighted by Gasteiger charge is -2.30. The van der Waals surface area contributed by atoms with E-state index in [9.17, 15) is 4.79 Å². The maximum Gasteiger partial charge on any atom is 0.305 e. The molecule has 4 heteroatoms. The van der Waals surface area contributed by atoms with Crippen LogP contribution >= 0.6 is 0 Å². The van der Waals surface area contributed by atoms with Gasteiger partial charge >= 0.3 is 5.97 Å². The molecule has 0 aliphatic heterocycles. The first kappa shape index (κ1) is 31.9. The molecule has 0 spiro atoms. The van der Waals surface area contributed by atoms with Gasteiger partial charge < -0.3 is 14.0 Å². The van der Waals surface area contributed by atoms with Crippen molar-refractivity contribution in [1.82, 2.24) is 0 Å². The summed E-state index contributed by atoms with van der Waals surface area (Å²) in [5.74, 6) is 0.729. The highest BCUT2D eigenvalue weighted by molar-refractivity contribution is 5.69. The van der Waals surface area contributed by atoms with Crippen molar-refractivity contribution >= 4 is 5.97 Å². The van der Waals surface area contributed by atoms with Gasteiger partial charge in [-0.15, -0.1) is 0 Å². The van der Waals surface area contributed by atoms with Crippen LogP contribution in [0.2, 0.25) is 0 Å². The Labute approximate surface area is 233 Å².